The van der Waals surface area contributed by atoms with Crippen LogP contribution in [0.15, 0.2) is 17.8 Å². The second kappa shape index (κ2) is 22.2. The third kappa shape index (κ3) is 14.9. The van der Waals surface area contributed by atoms with E-state index in [1.165, 1.54) is 6.08 Å². The predicted molar refractivity (Wildman–Crippen MR) is 161 cm³/mol. The van der Waals surface area contributed by atoms with Crippen LogP contribution < -0.4 is 10.6 Å². The first kappa shape index (κ1) is 36.8. The summed E-state index contributed by atoms with van der Waals surface area (Å²) >= 11 is 0. The zero-order chi connectivity index (χ0) is 32.0. The molecule has 14 heteroatoms. The Balaban J connectivity index is 1.57. The number of nitrogens with one attached hydrogen (secondary N) is 2. The molecule has 0 bridgehead atoms. The Hall–Kier alpha value is -3.35. The van der Waals surface area contributed by atoms with Crippen LogP contribution in [0.1, 0.15) is 26.0 Å². The van der Waals surface area contributed by atoms with E-state index in [0.29, 0.717) is 104 Å². The molecule has 0 radical (unpaired) electrons. The summed E-state index contributed by atoms with van der Waals surface area (Å²) in [6, 6.07) is 3.73. The number of amides is 3. The lowest BCUT2D eigenvalue weighted by Crippen LogP contribution is -2.38. The van der Waals surface area contributed by atoms with Gasteiger partial charge in [0.05, 0.1) is 77.7 Å². The Morgan fingerprint density at radius 3 is 2.05 bits per heavy atom. The maximum absolute atomic E-state index is 13.1. The van der Waals surface area contributed by atoms with E-state index in [4.69, 9.17) is 23.7 Å². The zero-order valence-electron chi connectivity index (χ0n) is 26.2. The lowest BCUT2D eigenvalue weighted by Gasteiger charge is -2.19. The smallest absolute Gasteiger partial charge is 0.264 e. The van der Waals surface area contributed by atoms with Crippen molar-refractivity contribution in [3.05, 3.63) is 23.5 Å². The summed E-state index contributed by atoms with van der Waals surface area (Å²) in [4.78, 5) is 37.9. The highest BCUT2D eigenvalue weighted by molar-refractivity contribution is 6.02. The van der Waals surface area contributed by atoms with Crippen molar-refractivity contribution < 1.29 is 38.1 Å². The summed E-state index contributed by atoms with van der Waals surface area (Å²) in [6.45, 7) is 10.0. The third-order valence-corrected chi connectivity index (χ3v) is 6.72. The van der Waals surface area contributed by atoms with Gasteiger partial charge in [0.1, 0.15) is 11.6 Å². The van der Waals surface area contributed by atoms with E-state index in [2.05, 4.69) is 29.6 Å². The Bertz CT molecular complexity index is 1060. The van der Waals surface area contributed by atoms with Crippen molar-refractivity contribution in [3.8, 4) is 6.07 Å². The molecule has 2 N–H and O–H groups in total. The molecule has 2 rings (SSSR count). The van der Waals surface area contributed by atoms with Crippen molar-refractivity contribution in [2.45, 2.75) is 20.3 Å². The maximum Gasteiger partial charge on any atom is 0.264 e. The number of ether oxygens (including phenoxy) is 5. The van der Waals surface area contributed by atoms with Crippen LogP contribution in [0.4, 0.5) is 0 Å². The topological polar surface area (TPSA) is 166 Å². The molecule has 0 spiro atoms. The van der Waals surface area contributed by atoms with Crippen molar-refractivity contribution in [3.63, 3.8) is 0 Å². The Labute approximate surface area is 260 Å². The number of hydrogen-bond donors (Lipinski definition) is 2. The first-order chi connectivity index (χ1) is 21.3. The van der Waals surface area contributed by atoms with Crippen LogP contribution in [0.2, 0.25) is 0 Å². The van der Waals surface area contributed by atoms with E-state index < -0.39 is 0 Å². The van der Waals surface area contributed by atoms with Crippen LogP contribution in [-0.4, -0.2) is 125 Å². The lowest BCUT2D eigenvalue weighted by molar-refractivity contribution is -0.127. The van der Waals surface area contributed by atoms with Crippen LogP contribution in [0.3, 0.4) is 0 Å². The minimum Gasteiger partial charge on any atom is -0.377 e. The van der Waals surface area contributed by atoms with Gasteiger partial charge >= 0.3 is 0 Å². The van der Waals surface area contributed by atoms with Crippen molar-refractivity contribution in [2.75, 3.05) is 92.2 Å². The number of likely N-dealkylation sites (tertiary alicyclic amines) is 1. The van der Waals surface area contributed by atoms with E-state index in [-0.39, 0.29) is 35.8 Å². The van der Waals surface area contributed by atoms with E-state index in [9.17, 15) is 19.6 Å². The van der Waals surface area contributed by atoms with E-state index in [1.54, 1.807) is 28.9 Å². The van der Waals surface area contributed by atoms with Gasteiger partial charge in [0.25, 0.3) is 5.91 Å². The fourth-order valence-corrected chi connectivity index (χ4v) is 4.70. The van der Waals surface area contributed by atoms with E-state index in [1.807, 2.05) is 6.07 Å². The first-order valence-corrected chi connectivity index (χ1v) is 15.1. The average Bonchev–Trinajstić information content (AvgIpc) is 3.61. The summed E-state index contributed by atoms with van der Waals surface area (Å²) in [7, 11) is 1.77. The van der Waals surface area contributed by atoms with Crippen molar-refractivity contribution in [2.24, 2.45) is 24.8 Å². The van der Waals surface area contributed by atoms with E-state index >= 15 is 0 Å². The monoisotopic (exact) mass is 620 g/mol. The number of aromatic nitrogens is 2. The summed E-state index contributed by atoms with van der Waals surface area (Å²) in [5.74, 6) is -0.476. The molecule has 0 saturated carbocycles. The summed E-state index contributed by atoms with van der Waals surface area (Å²) < 4.78 is 28.7. The number of aryl methyl sites for hydroxylation is 1. The molecule has 0 unspecified atom stereocenters. The quantitative estimate of drug-likeness (QED) is 0.0715. The van der Waals surface area contributed by atoms with Gasteiger partial charge in [-0.2, -0.15) is 10.4 Å². The molecule has 246 valence electrons. The molecule has 14 nitrogen and oxygen atoms in total. The van der Waals surface area contributed by atoms with Gasteiger partial charge in [0, 0.05) is 39.4 Å². The average molecular weight is 621 g/mol. The Morgan fingerprint density at radius 1 is 0.977 bits per heavy atom. The molecule has 1 aromatic rings. The van der Waals surface area contributed by atoms with Crippen molar-refractivity contribution in [1.82, 2.24) is 25.3 Å². The minimum absolute atomic E-state index is 0.00339. The second-order valence-corrected chi connectivity index (χ2v) is 10.7. The summed E-state index contributed by atoms with van der Waals surface area (Å²) in [5, 5.41) is 19.3. The predicted octanol–water partition coefficient (Wildman–Crippen LogP) is 0.393. The van der Waals surface area contributed by atoms with Gasteiger partial charge < -0.3 is 39.2 Å². The molecule has 0 aromatic carbocycles. The molecule has 3 amide bonds. The second-order valence-electron chi connectivity index (χ2n) is 10.7. The molecule has 1 saturated heterocycles. The van der Waals surface area contributed by atoms with Gasteiger partial charge in [0.15, 0.2) is 0 Å². The SMILES string of the molecule is CC(C)C[C@@H]1CN(C(=O)/C(C#N)=C/c2ccn(C)n2)C[C@H]1C(=O)NCCOCCOCCOCCOCCOCCNC=O. The van der Waals surface area contributed by atoms with Gasteiger partial charge in [-0.3, -0.25) is 19.1 Å². The highest BCUT2D eigenvalue weighted by Crippen LogP contribution is 2.30. The molecular formula is C30H48N6O8. The number of nitrogens with zero attached hydrogens (tertiary/aromatic N) is 4. The number of carbonyl (C=O) groups excluding carboxylic acids is 3. The van der Waals surface area contributed by atoms with Crippen LogP contribution in [0, 0.1) is 29.1 Å². The highest BCUT2D eigenvalue weighted by Gasteiger charge is 2.40. The third-order valence-electron chi connectivity index (χ3n) is 6.72. The number of nitriles is 1. The Morgan fingerprint density at radius 2 is 1.55 bits per heavy atom. The van der Waals surface area contributed by atoms with Crippen LogP contribution in [0.25, 0.3) is 6.08 Å². The van der Waals surface area contributed by atoms with Gasteiger partial charge in [-0.05, 0) is 30.4 Å². The lowest BCUT2D eigenvalue weighted by atomic mass is 9.87. The molecular weight excluding hydrogens is 572 g/mol. The maximum atomic E-state index is 13.1. The summed E-state index contributed by atoms with van der Waals surface area (Å²) in [6.07, 6.45) is 4.66. The fourth-order valence-electron chi connectivity index (χ4n) is 4.70. The zero-order valence-corrected chi connectivity index (χ0v) is 26.2. The molecule has 2 heterocycles. The largest absolute Gasteiger partial charge is 0.377 e. The summed E-state index contributed by atoms with van der Waals surface area (Å²) in [5.41, 5.74) is 0.536. The first-order valence-electron chi connectivity index (χ1n) is 15.1. The van der Waals surface area contributed by atoms with Crippen molar-refractivity contribution >= 4 is 24.3 Å². The Kier molecular flexibility index (Phi) is 18.6. The minimum atomic E-state index is -0.382. The van der Waals surface area contributed by atoms with Crippen molar-refractivity contribution in [1.29, 1.82) is 5.26 Å². The number of rotatable bonds is 24. The molecule has 1 fully saturated rings. The molecule has 1 aromatic heterocycles. The normalized spacial score (nSPS) is 16.7. The fraction of sp³-hybridized carbons (Fsp3) is 0.700. The van der Waals surface area contributed by atoms with Crippen LogP contribution in [0.5, 0.6) is 0 Å². The van der Waals surface area contributed by atoms with Gasteiger partial charge in [-0.15, -0.1) is 0 Å². The van der Waals surface area contributed by atoms with Gasteiger partial charge in [0.2, 0.25) is 12.3 Å². The number of carbonyl (C=O) groups is 3. The van der Waals surface area contributed by atoms with E-state index in [0.717, 1.165) is 6.42 Å². The molecule has 0 aliphatic carbocycles. The van der Waals surface area contributed by atoms with Gasteiger partial charge in [-0.25, -0.2) is 0 Å². The highest BCUT2D eigenvalue weighted by atomic mass is 16.6. The molecule has 44 heavy (non-hydrogen) atoms. The van der Waals surface area contributed by atoms with Gasteiger partial charge in [-0.1, -0.05) is 13.8 Å². The molecule has 2 atom stereocenters. The standard InChI is InChI=1S/C30H48N6O8/c1-24(2)18-26-21-36(30(39)25(20-31)19-27-4-7-35(3)34-27)22-28(26)29(38)33-6-9-41-11-13-43-15-17-44-16-14-42-12-10-40-8-5-32-23-37/h4,7,19,23-24,26,28H,5-6,8-18,21-22H2,1-3H3,(H,32,37)(H,33,38)/b25-19+/t26-,28-/m1/s1. The van der Waals surface area contributed by atoms with Crippen LogP contribution in [-0.2, 0) is 45.1 Å². The number of hydrogen-bond acceptors (Lipinski definition) is 10. The molecule has 1 aliphatic heterocycles. The van der Waals surface area contributed by atoms with Crippen LogP contribution >= 0.6 is 0 Å². The molecule has 1 aliphatic rings.